The van der Waals surface area contributed by atoms with Crippen molar-refractivity contribution >= 4 is 10.8 Å². The highest BCUT2D eigenvalue weighted by molar-refractivity contribution is 5.93. The zero-order valence-electron chi connectivity index (χ0n) is 11.5. The summed E-state index contributed by atoms with van der Waals surface area (Å²) in [5.74, 6) is 1.82. The molecule has 2 aromatic rings. The summed E-state index contributed by atoms with van der Waals surface area (Å²) in [6, 6.07) is 12.1. The third-order valence-corrected chi connectivity index (χ3v) is 2.56. The van der Waals surface area contributed by atoms with Gasteiger partial charge in [-0.05, 0) is 39.8 Å². The van der Waals surface area contributed by atoms with Gasteiger partial charge < -0.3 is 9.47 Å². The summed E-state index contributed by atoms with van der Waals surface area (Å²) in [6.07, 6.45) is 0. The predicted octanol–water partition coefficient (Wildman–Crippen LogP) is 4.42. The fourth-order valence-corrected chi connectivity index (χ4v) is 1.95. The topological polar surface area (TPSA) is 18.5 Å². The van der Waals surface area contributed by atoms with Crippen molar-refractivity contribution in [3.05, 3.63) is 36.4 Å². The standard InChI is InChI=1S/C16H20O2/c1-5-17-14-10-6-9-13-12(14)8-7-11-15(13)18-16(2,3)4/h6-11H,5H2,1-4H3. The molecule has 0 spiro atoms. The van der Waals surface area contributed by atoms with Crippen LogP contribution in [0.4, 0.5) is 0 Å². The van der Waals surface area contributed by atoms with Crippen molar-refractivity contribution in [3.63, 3.8) is 0 Å². The van der Waals surface area contributed by atoms with Gasteiger partial charge in [0.2, 0.25) is 0 Å². The number of ether oxygens (including phenoxy) is 2. The summed E-state index contributed by atoms with van der Waals surface area (Å²) in [5, 5.41) is 2.19. The van der Waals surface area contributed by atoms with E-state index in [1.54, 1.807) is 0 Å². The van der Waals surface area contributed by atoms with Crippen LogP contribution in [0.15, 0.2) is 36.4 Å². The van der Waals surface area contributed by atoms with E-state index >= 15 is 0 Å². The van der Waals surface area contributed by atoms with Crippen molar-refractivity contribution < 1.29 is 9.47 Å². The second-order valence-electron chi connectivity index (χ2n) is 5.25. The van der Waals surface area contributed by atoms with Gasteiger partial charge in [-0.2, -0.15) is 0 Å². The Morgan fingerprint density at radius 3 is 2.00 bits per heavy atom. The Hall–Kier alpha value is -1.70. The number of hydrogen-bond donors (Lipinski definition) is 0. The molecule has 0 bridgehead atoms. The molecule has 0 unspecified atom stereocenters. The van der Waals surface area contributed by atoms with Gasteiger partial charge in [0.15, 0.2) is 0 Å². The van der Waals surface area contributed by atoms with E-state index in [1.807, 2.05) is 31.2 Å². The van der Waals surface area contributed by atoms with Crippen LogP contribution in [0.1, 0.15) is 27.7 Å². The van der Waals surface area contributed by atoms with Crippen LogP contribution in [0.3, 0.4) is 0 Å². The van der Waals surface area contributed by atoms with Gasteiger partial charge in [-0.15, -0.1) is 0 Å². The van der Waals surface area contributed by atoms with E-state index in [1.165, 1.54) is 0 Å². The van der Waals surface area contributed by atoms with Crippen LogP contribution in [0.5, 0.6) is 11.5 Å². The highest BCUT2D eigenvalue weighted by atomic mass is 16.5. The van der Waals surface area contributed by atoms with Crippen LogP contribution in [0.25, 0.3) is 10.8 Å². The minimum absolute atomic E-state index is 0.199. The summed E-state index contributed by atoms with van der Waals surface area (Å²) in [7, 11) is 0. The van der Waals surface area contributed by atoms with E-state index in [-0.39, 0.29) is 5.60 Å². The van der Waals surface area contributed by atoms with E-state index < -0.39 is 0 Å². The van der Waals surface area contributed by atoms with Gasteiger partial charge in [0.1, 0.15) is 17.1 Å². The van der Waals surface area contributed by atoms with Gasteiger partial charge in [0, 0.05) is 10.8 Å². The molecule has 2 aromatic carbocycles. The number of hydrogen-bond acceptors (Lipinski definition) is 2. The quantitative estimate of drug-likeness (QED) is 0.796. The maximum absolute atomic E-state index is 5.99. The summed E-state index contributed by atoms with van der Waals surface area (Å²) >= 11 is 0. The summed E-state index contributed by atoms with van der Waals surface area (Å²) in [5.41, 5.74) is -0.199. The fourth-order valence-electron chi connectivity index (χ4n) is 1.95. The molecule has 2 nitrogen and oxygen atoms in total. The Morgan fingerprint density at radius 2 is 1.44 bits per heavy atom. The Kier molecular flexibility index (Phi) is 3.46. The molecule has 0 saturated heterocycles. The van der Waals surface area contributed by atoms with Gasteiger partial charge in [0.05, 0.1) is 6.61 Å². The van der Waals surface area contributed by atoms with Crippen molar-refractivity contribution in [2.75, 3.05) is 6.61 Å². The maximum Gasteiger partial charge on any atom is 0.128 e. The lowest BCUT2D eigenvalue weighted by atomic mass is 10.1. The highest BCUT2D eigenvalue weighted by Crippen LogP contribution is 2.33. The summed E-state index contributed by atoms with van der Waals surface area (Å²) in [4.78, 5) is 0. The van der Waals surface area contributed by atoms with Crippen LogP contribution in [-0.2, 0) is 0 Å². The van der Waals surface area contributed by atoms with Crippen molar-refractivity contribution in [1.29, 1.82) is 0 Å². The maximum atomic E-state index is 5.99. The second-order valence-corrected chi connectivity index (χ2v) is 5.25. The fraction of sp³-hybridized carbons (Fsp3) is 0.375. The van der Waals surface area contributed by atoms with Gasteiger partial charge in [-0.25, -0.2) is 0 Å². The zero-order chi connectivity index (χ0) is 13.2. The van der Waals surface area contributed by atoms with Gasteiger partial charge in [-0.1, -0.05) is 24.3 Å². The van der Waals surface area contributed by atoms with Crippen molar-refractivity contribution in [1.82, 2.24) is 0 Å². The van der Waals surface area contributed by atoms with E-state index in [9.17, 15) is 0 Å². The molecule has 0 amide bonds. The van der Waals surface area contributed by atoms with E-state index in [0.29, 0.717) is 6.61 Å². The number of benzene rings is 2. The zero-order valence-corrected chi connectivity index (χ0v) is 11.5. The molecule has 2 heteroatoms. The lowest BCUT2D eigenvalue weighted by Gasteiger charge is -2.22. The molecule has 18 heavy (non-hydrogen) atoms. The first kappa shape index (κ1) is 12.7. The second kappa shape index (κ2) is 4.89. The predicted molar refractivity (Wildman–Crippen MR) is 75.5 cm³/mol. The first-order valence-electron chi connectivity index (χ1n) is 6.35. The van der Waals surface area contributed by atoms with Crippen LogP contribution < -0.4 is 9.47 Å². The lowest BCUT2D eigenvalue weighted by molar-refractivity contribution is 0.133. The van der Waals surface area contributed by atoms with E-state index in [2.05, 4.69) is 32.9 Å². The average molecular weight is 244 g/mol. The van der Waals surface area contributed by atoms with Crippen molar-refractivity contribution in [2.45, 2.75) is 33.3 Å². The SMILES string of the molecule is CCOc1cccc2c(OC(C)(C)C)cccc12. The summed E-state index contributed by atoms with van der Waals surface area (Å²) in [6.45, 7) is 8.83. The Balaban J connectivity index is 2.53. The van der Waals surface area contributed by atoms with Crippen molar-refractivity contribution in [3.8, 4) is 11.5 Å². The molecular weight excluding hydrogens is 224 g/mol. The third kappa shape index (κ3) is 2.76. The minimum Gasteiger partial charge on any atom is -0.493 e. The van der Waals surface area contributed by atoms with Gasteiger partial charge in [-0.3, -0.25) is 0 Å². The molecule has 0 fully saturated rings. The molecule has 0 aromatic heterocycles. The first-order chi connectivity index (χ1) is 8.51. The molecule has 0 aliphatic carbocycles. The van der Waals surface area contributed by atoms with Gasteiger partial charge in [0.25, 0.3) is 0 Å². The molecule has 0 heterocycles. The van der Waals surface area contributed by atoms with E-state index in [0.717, 1.165) is 22.3 Å². The summed E-state index contributed by atoms with van der Waals surface area (Å²) < 4.78 is 11.6. The average Bonchev–Trinajstić information content (AvgIpc) is 2.29. The number of fused-ring (bicyclic) bond motifs is 1. The van der Waals surface area contributed by atoms with Crippen LogP contribution in [0, 0.1) is 0 Å². The molecule has 0 atom stereocenters. The van der Waals surface area contributed by atoms with E-state index in [4.69, 9.17) is 9.47 Å². The third-order valence-electron chi connectivity index (χ3n) is 2.56. The Bertz CT molecular complexity index is 538. The highest BCUT2D eigenvalue weighted by Gasteiger charge is 2.14. The Morgan fingerprint density at radius 1 is 0.889 bits per heavy atom. The van der Waals surface area contributed by atoms with Crippen LogP contribution in [-0.4, -0.2) is 12.2 Å². The molecule has 2 rings (SSSR count). The molecule has 0 N–H and O–H groups in total. The van der Waals surface area contributed by atoms with Crippen molar-refractivity contribution in [2.24, 2.45) is 0 Å². The van der Waals surface area contributed by atoms with Gasteiger partial charge >= 0.3 is 0 Å². The van der Waals surface area contributed by atoms with Crippen LogP contribution >= 0.6 is 0 Å². The van der Waals surface area contributed by atoms with Crippen LogP contribution in [0.2, 0.25) is 0 Å². The monoisotopic (exact) mass is 244 g/mol. The number of rotatable bonds is 3. The molecule has 96 valence electrons. The minimum atomic E-state index is -0.199. The lowest BCUT2D eigenvalue weighted by Crippen LogP contribution is -2.23. The normalized spacial score (nSPS) is 11.6. The molecule has 0 radical (unpaired) electrons. The molecule has 0 aliphatic rings. The molecule has 0 aliphatic heterocycles. The molecular formula is C16H20O2. The Labute approximate surface area is 109 Å². The smallest absolute Gasteiger partial charge is 0.128 e. The molecule has 0 saturated carbocycles. The first-order valence-corrected chi connectivity index (χ1v) is 6.35. The largest absolute Gasteiger partial charge is 0.493 e.